The highest BCUT2D eigenvalue weighted by Crippen LogP contribution is 2.57. The van der Waals surface area contributed by atoms with E-state index in [0.29, 0.717) is 5.92 Å². The van der Waals surface area contributed by atoms with Crippen LogP contribution in [0, 0.1) is 40.9 Å². The van der Waals surface area contributed by atoms with Gasteiger partial charge in [-0.3, -0.25) is 4.90 Å². The fraction of sp³-hybridized carbons (Fsp3) is 0.941. The summed E-state index contributed by atoms with van der Waals surface area (Å²) >= 11 is 0. The molecule has 0 radical (unpaired) electrons. The molecule has 0 aromatic rings. The number of hydrogen-bond donors (Lipinski definition) is 1. The van der Waals surface area contributed by atoms with E-state index < -0.39 is 0 Å². The van der Waals surface area contributed by atoms with Crippen LogP contribution in [0.5, 0.6) is 0 Å². The number of nitriles is 1. The molecular formula is C17H26N2O. The first kappa shape index (κ1) is 13.1. The molecule has 110 valence electrons. The molecule has 1 saturated heterocycles. The highest BCUT2D eigenvalue weighted by Gasteiger charge is 2.51. The zero-order chi connectivity index (χ0) is 13.7. The zero-order valence-corrected chi connectivity index (χ0v) is 12.2. The molecule has 1 heterocycles. The molecule has 1 N–H and O–H groups in total. The molecule has 0 aromatic heterocycles. The van der Waals surface area contributed by atoms with E-state index in [0.717, 1.165) is 49.6 Å². The molecular weight excluding hydrogens is 248 g/mol. The van der Waals surface area contributed by atoms with Crippen molar-refractivity contribution in [2.24, 2.45) is 29.6 Å². The number of rotatable bonds is 2. The summed E-state index contributed by atoms with van der Waals surface area (Å²) < 4.78 is 0. The molecule has 1 atom stereocenters. The van der Waals surface area contributed by atoms with Crippen LogP contribution in [0.2, 0.25) is 0 Å². The van der Waals surface area contributed by atoms with E-state index >= 15 is 0 Å². The SMILES string of the molecule is N#CC(C1C2CC3CC(C2)CC1C3)N1CCC(O)CC1. The Kier molecular flexibility index (Phi) is 3.27. The highest BCUT2D eigenvalue weighted by atomic mass is 16.3. The second-order valence-corrected chi connectivity index (χ2v) is 7.85. The van der Waals surface area contributed by atoms with Gasteiger partial charge in [0.05, 0.1) is 12.2 Å². The lowest BCUT2D eigenvalue weighted by atomic mass is 9.50. The molecule has 3 heteroatoms. The van der Waals surface area contributed by atoms with E-state index in [-0.39, 0.29) is 12.1 Å². The van der Waals surface area contributed by atoms with Gasteiger partial charge >= 0.3 is 0 Å². The van der Waals surface area contributed by atoms with Crippen molar-refractivity contribution in [1.82, 2.24) is 4.90 Å². The normalized spacial score (nSPS) is 46.3. The first-order chi connectivity index (χ1) is 9.74. The predicted molar refractivity (Wildman–Crippen MR) is 76.7 cm³/mol. The maximum Gasteiger partial charge on any atom is 0.101 e. The fourth-order valence-electron chi connectivity index (χ4n) is 6.06. The molecule has 5 aliphatic rings. The van der Waals surface area contributed by atoms with Crippen molar-refractivity contribution in [3.8, 4) is 6.07 Å². The van der Waals surface area contributed by atoms with Crippen LogP contribution in [0.4, 0.5) is 0 Å². The van der Waals surface area contributed by atoms with Crippen LogP contribution in [0.15, 0.2) is 0 Å². The van der Waals surface area contributed by atoms with Crippen molar-refractivity contribution in [3.63, 3.8) is 0 Å². The molecule has 3 nitrogen and oxygen atoms in total. The van der Waals surface area contributed by atoms with Crippen molar-refractivity contribution >= 4 is 0 Å². The molecule has 4 bridgehead atoms. The van der Waals surface area contributed by atoms with Crippen LogP contribution >= 0.6 is 0 Å². The van der Waals surface area contributed by atoms with Crippen molar-refractivity contribution in [2.45, 2.75) is 57.1 Å². The number of piperidine rings is 1. The maximum absolute atomic E-state index is 9.77. The van der Waals surface area contributed by atoms with Gasteiger partial charge in [-0.1, -0.05) is 0 Å². The Hall–Kier alpha value is -0.590. The first-order valence-corrected chi connectivity index (χ1v) is 8.56. The van der Waals surface area contributed by atoms with Gasteiger partial charge in [-0.15, -0.1) is 0 Å². The Labute approximate surface area is 122 Å². The van der Waals surface area contributed by atoms with Crippen molar-refractivity contribution in [1.29, 1.82) is 5.26 Å². The molecule has 0 aromatic carbocycles. The van der Waals surface area contributed by atoms with Crippen LogP contribution in [-0.2, 0) is 0 Å². The zero-order valence-electron chi connectivity index (χ0n) is 12.2. The third-order valence-electron chi connectivity index (χ3n) is 6.69. The summed E-state index contributed by atoms with van der Waals surface area (Å²) in [6, 6.07) is 2.78. The van der Waals surface area contributed by atoms with Gasteiger partial charge in [-0.25, -0.2) is 0 Å². The van der Waals surface area contributed by atoms with Crippen molar-refractivity contribution < 1.29 is 5.11 Å². The second-order valence-electron chi connectivity index (χ2n) is 7.85. The predicted octanol–water partition coefficient (Wildman–Crippen LogP) is 2.41. The van der Waals surface area contributed by atoms with E-state index in [9.17, 15) is 10.4 Å². The summed E-state index contributed by atoms with van der Waals surface area (Å²) in [5, 5.41) is 19.5. The van der Waals surface area contributed by atoms with Crippen LogP contribution in [0.3, 0.4) is 0 Å². The molecule has 4 aliphatic carbocycles. The third kappa shape index (κ3) is 2.09. The smallest absolute Gasteiger partial charge is 0.101 e. The quantitative estimate of drug-likeness (QED) is 0.841. The fourth-order valence-corrected chi connectivity index (χ4v) is 6.06. The first-order valence-electron chi connectivity index (χ1n) is 8.56. The van der Waals surface area contributed by atoms with E-state index in [1.165, 1.54) is 32.1 Å². The average molecular weight is 274 g/mol. The van der Waals surface area contributed by atoms with Gasteiger partial charge in [0.2, 0.25) is 0 Å². The van der Waals surface area contributed by atoms with Gasteiger partial charge in [0, 0.05) is 13.1 Å². The van der Waals surface area contributed by atoms with Crippen LogP contribution < -0.4 is 0 Å². The minimum absolute atomic E-state index is 0.123. The van der Waals surface area contributed by atoms with E-state index in [2.05, 4.69) is 11.0 Å². The van der Waals surface area contributed by atoms with Gasteiger partial charge in [-0.2, -0.15) is 5.26 Å². The number of aliphatic hydroxyl groups excluding tert-OH is 1. The molecule has 5 rings (SSSR count). The lowest BCUT2D eigenvalue weighted by molar-refractivity contribution is -0.0691. The lowest BCUT2D eigenvalue weighted by Crippen LogP contribution is -2.55. The number of nitrogens with zero attached hydrogens (tertiary/aromatic N) is 2. The standard InChI is InChI=1S/C17H26N2O/c18-10-16(19-3-1-15(20)2-4-19)17-13-6-11-5-12(8-13)9-14(17)7-11/h11-17,20H,1-9H2. The van der Waals surface area contributed by atoms with Crippen LogP contribution in [0.1, 0.15) is 44.9 Å². The van der Waals surface area contributed by atoms with Gasteiger partial charge in [0.1, 0.15) is 6.04 Å². The Morgan fingerprint density at radius 3 is 2.00 bits per heavy atom. The lowest BCUT2D eigenvalue weighted by Gasteiger charge is -2.56. The Morgan fingerprint density at radius 1 is 0.950 bits per heavy atom. The monoisotopic (exact) mass is 274 g/mol. The highest BCUT2D eigenvalue weighted by molar-refractivity contribution is 5.08. The minimum atomic E-state index is -0.135. The van der Waals surface area contributed by atoms with E-state index in [1.807, 2.05) is 0 Å². The number of aliphatic hydroxyl groups is 1. The number of likely N-dealkylation sites (tertiary alicyclic amines) is 1. The number of hydrogen-bond acceptors (Lipinski definition) is 3. The Balaban J connectivity index is 1.52. The Morgan fingerprint density at radius 2 is 1.50 bits per heavy atom. The summed E-state index contributed by atoms with van der Waals surface area (Å²) in [7, 11) is 0. The molecule has 0 spiro atoms. The van der Waals surface area contributed by atoms with Crippen LogP contribution in [-0.4, -0.2) is 35.2 Å². The van der Waals surface area contributed by atoms with E-state index in [1.54, 1.807) is 0 Å². The summed E-state index contributed by atoms with van der Waals surface area (Å²) in [5.74, 6) is 4.24. The molecule has 20 heavy (non-hydrogen) atoms. The molecule has 1 unspecified atom stereocenters. The van der Waals surface area contributed by atoms with Gasteiger partial charge in [0.25, 0.3) is 0 Å². The van der Waals surface area contributed by atoms with Gasteiger partial charge in [-0.05, 0) is 74.5 Å². The molecule has 0 amide bonds. The molecule has 4 saturated carbocycles. The average Bonchev–Trinajstić information content (AvgIpc) is 2.43. The largest absolute Gasteiger partial charge is 0.393 e. The summed E-state index contributed by atoms with van der Waals surface area (Å²) in [4.78, 5) is 2.39. The summed E-state index contributed by atoms with van der Waals surface area (Å²) in [6.45, 7) is 1.84. The Bertz CT molecular complexity index is 380. The second kappa shape index (κ2) is 5.00. The summed E-state index contributed by atoms with van der Waals surface area (Å²) in [6.07, 6.45) is 8.63. The van der Waals surface area contributed by atoms with E-state index in [4.69, 9.17) is 0 Å². The molecule has 5 fully saturated rings. The van der Waals surface area contributed by atoms with Gasteiger partial charge < -0.3 is 5.11 Å². The third-order valence-corrected chi connectivity index (χ3v) is 6.69. The summed E-state index contributed by atoms with van der Waals surface area (Å²) in [5.41, 5.74) is 0. The van der Waals surface area contributed by atoms with Crippen LogP contribution in [0.25, 0.3) is 0 Å². The minimum Gasteiger partial charge on any atom is -0.393 e. The molecule has 1 aliphatic heterocycles. The maximum atomic E-state index is 9.77. The van der Waals surface area contributed by atoms with Crippen molar-refractivity contribution in [2.75, 3.05) is 13.1 Å². The van der Waals surface area contributed by atoms with Crippen molar-refractivity contribution in [3.05, 3.63) is 0 Å². The van der Waals surface area contributed by atoms with Gasteiger partial charge in [0.15, 0.2) is 0 Å². The topological polar surface area (TPSA) is 47.3 Å².